The zero-order chi connectivity index (χ0) is 20.9. The highest BCUT2D eigenvalue weighted by Crippen LogP contribution is 2.26. The van der Waals surface area contributed by atoms with E-state index in [2.05, 4.69) is 20.4 Å². The van der Waals surface area contributed by atoms with Gasteiger partial charge in [-0.25, -0.2) is 0 Å². The molecule has 0 bridgehead atoms. The van der Waals surface area contributed by atoms with E-state index in [4.69, 9.17) is 9.15 Å². The van der Waals surface area contributed by atoms with Gasteiger partial charge in [-0.05, 0) is 57.1 Å². The summed E-state index contributed by atoms with van der Waals surface area (Å²) < 4.78 is 11.1. The molecule has 156 valence electrons. The van der Waals surface area contributed by atoms with Gasteiger partial charge in [0, 0.05) is 11.5 Å². The summed E-state index contributed by atoms with van der Waals surface area (Å²) in [4.78, 5) is 14.9. The lowest BCUT2D eigenvalue weighted by Crippen LogP contribution is -2.37. The highest BCUT2D eigenvalue weighted by molar-refractivity contribution is 5.94. The standard InChI is InChI=1S/C23H26N4O3/c1-16-7-9-18(10-8-16)23-26-25-21(30-23)15-27-13-11-17(12-14-27)22(28)24-19-5-3-4-6-20(19)29-2/h3-10,17H,11-15H2,1-2H3,(H,24,28). The van der Waals surface area contributed by atoms with Crippen molar-refractivity contribution in [1.29, 1.82) is 0 Å². The van der Waals surface area contributed by atoms with Gasteiger partial charge in [0.1, 0.15) is 5.75 Å². The van der Waals surface area contributed by atoms with Gasteiger partial charge in [-0.1, -0.05) is 29.8 Å². The fraction of sp³-hybridized carbons (Fsp3) is 0.348. The van der Waals surface area contributed by atoms with Crippen LogP contribution in [-0.2, 0) is 11.3 Å². The van der Waals surface area contributed by atoms with Gasteiger partial charge in [-0.15, -0.1) is 10.2 Å². The maximum absolute atomic E-state index is 12.7. The molecule has 1 aromatic heterocycles. The maximum atomic E-state index is 12.7. The van der Waals surface area contributed by atoms with Crippen LogP contribution in [0.4, 0.5) is 5.69 Å². The Hall–Kier alpha value is -3.19. The van der Waals surface area contributed by atoms with Crippen LogP contribution in [0.3, 0.4) is 0 Å². The number of methoxy groups -OCH3 is 1. The summed E-state index contributed by atoms with van der Waals surface area (Å²) in [6.07, 6.45) is 1.58. The Balaban J connectivity index is 1.29. The van der Waals surface area contributed by atoms with Crippen LogP contribution < -0.4 is 10.1 Å². The summed E-state index contributed by atoms with van der Waals surface area (Å²) in [6.45, 7) is 4.27. The number of nitrogens with one attached hydrogen (secondary N) is 1. The number of piperidine rings is 1. The molecule has 3 aromatic rings. The van der Waals surface area contributed by atoms with E-state index in [0.29, 0.717) is 29.8 Å². The minimum Gasteiger partial charge on any atom is -0.495 e. The Labute approximate surface area is 176 Å². The van der Waals surface area contributed by atoms with Crippen molar-refractivity contribution in [2.75, 3.05) is 25.5 Å². The zero-order valence-corrected chi connectivity index (χ0v) is 17.3. The van der Waals surface area contributed by atoms with Crippen LogP contribution in [0.1, 0.15) is 24.3 Å². The van der Waals surface area contributed by atoms with Gasteiger partial charge in [-0.3, -0.25) is 9.69 Å². The van der Waals surface area contributed by atoms with E-state index in [1.165, 1.54) is 5.56 Å². The molecule has 4 rings (SSSR count). The number of carbonyl (C=O) groups is 1. The molecule has 7 nitrogen and oxygen atoms in total. The summed E-state index contributed by atoms with van der Waals surface area (Å²) in [5, 5.41) is 11.4. The molecule has 1 fully saturated rings. The number of nitrogens with zero attached hydrogens (tertiary/aromatic N) is 3. The largest absolute Gasteiger partial charge is 0.495 e. The maximum Gasteiger partial charge on any atom is 0.247 e. The van der Waals surface area contributed by atoms with Gasteiger partial charge in [0.2, 0.25) is 17.7 Å². The zero-order valence-electron chi connectivity index (χ0n) is 17.3. The van der Waals surface area contributed by atoms with Crippen molar-refractivity contribution in [3.63, 3.8) is 0 Å². The van der Waals surface area contributed by atoms with Crippen molar-refractivity contribution in [3.8, 4) is 17.2 Å². The fourth-order valence-corrected chi connectivity index (χ4v) is 3.66. The molecule has 0 unspecified atom stereocenters. The van der Waals surface area contributed by atoms with E-state index in [1.54, 1.807) is 7.11 Å². The molecule has 30 heavy (non-hydrogen) atoms. The number of hydrogen-bond acceptors (Lipinski definition) is 6. The number of carbonyl (C=O) groups excluding carboxylic acids is 1. The topological polar surface area (TPSA) is 80.5 Å². The summed E-state index contributed by atoms with van der Waals surface area (Å²) in [5.74, 6) is 1.83. The SMILES string of the molecule is COc1ccccc1NC(=O)C1CCN(Cc2nnc(-c3ccc(C)cc3)o2)CC1. The average molecular weight is 406 g/mol. The van der Waals surface area contributed by atoms with Crippen molar-refractivity contribution in [3.05, 3.63) is 60.0 Å². The van der Waals surface area contributed by atoms with Crippen molar-refractivity contribution in [1.82, 2.24) is 15.1 Å². The normalized spacial score (nSPS) is 15.1. The third kappa shape index (κ3) is 4.68. The monoisotopic (exact) mass is 406 g/mol. The number of anilines is 1. The Kier molecular flexibility index (Phi) is 6.09. The van der Waals surface area contributed by atoms with Crippen LogP contribution in [0.2, 0.25) is 0 Å². The number of amides is 1. The predicted octanol–water partition coefficient (Wildman–Crippen LogP) is 3.90. The molecule has 0 saturated carbocycles. The summed E-state index contributed by atoms with van der Waals surface area (Å²) in [6, 6.07) is 15.5. The lowest BCUT2D eigenvalue weighted by Gasteiger charge is -2.30. The Morgan fingerprint density at radius 1 is 1.13 bits per heavy atom. The van der Waals surface area contributed by atoms with Crippen molar-refractivity contribution in [2.24, 2.45) is 5.92 Å². The van der Waals surface area contributed by atoms with Gasteiger partial charge >= 0.3 is 0 Å². The molecule has 1 aliphatic rings. The number of hydrogen-bond donors (Lipinski definition) is 1. The first-order valence-electron chi connectivity index (χ1n) is 10.2. The molecular formula is C23H26N4O3. The van der Waals surface area contributed by atoms with Gasteiger partial charge in [0.05, 0.1) is 19.3 Å². The number of para-hydroxylation sites is 2. The number of benzene rings is 2. The van der Waals surface area contributed by atoms with E-state index in [9.17, 15) is 4.79 Å². The number of rotatable bonds is 6. The molecule has 2 aromatic carbocycles. The Morgan fingerprint density at radius 2 is 1.87 bits per heavy atom. The first kappa shape index (κ1) is 20.1. The van der Waals surface area contributed by atoms with Gasteiger partial charge in [0.15, 0.2) is 0 Å². The molecule has 0 spiro atoms. The molecule has 1 saturated heterocycles. The minimum atomic E-state index is -0.0167. The molecule has 2 heterocycles. The van der Waals surface area contributed by atoms with E-state index >= 15 is 0 Å². The van der Waals surface area contributed by atoms with Crippen LogP contribution in [0.25, 0.3) is 11.5 Å². The molecule has 0 aliphatic carbocycles. The second kappa shape index (κ2) is 9.09. The Morgan fingerprint density at radius 3 is 2.60 bits per heavy atom. The summed E-state index contributed by atoms with van der Waals surface area (Å²) >= 11 is 0. The van der Waals surface area contributed by atoms with Crippen LogP contribution in [0, 0.1) is 12.8 Å². The van der Waals surface area contributed by atoms with Gasteiger partial charge in [0.25, 0.3) is 0 Å². The number of ether oxygens (including phenoxy) is 1. The molecule has 0 atom stereocenters. The molecule has 0 radical (unpaired) electrons. The van der Waals surface area contributed by atoms with Crippen LogP contribution in [0.15, 0.2) is 52.9 Å². The van der Waals surface area contributed by atoms with Crippen LogP contribution in [0.5, 0.6) is 5.75 Å². The summed E-state index contributed by atoms with van der Waals surface area (Å²) in [7, 11) is 1.60. The quantitative estimate of drug-likeness (QED) is 0.669. The van der Waals surface area contributed by atoms with E-state index < -0.39 is 0 Å². The molecule has 7 heteroatoms. The van der Waals surface area contributed by atoms with Gasteiger partial charge < -0.3 is 14.5 Å². The predicted molar refractivity (Wildman–Crippen MR) is 114 cm³/mol. The number of aryl methyl sites for hydroxylation is 1. The van der Waals surface area contributed by atoms with Crippen LogP contribution in [-0.4, -0.2) is 41.2 Å². The average Bonchev–Trinajstić information content (AvgIpc) is 3.23. The molecule has 1 amide bonds. The minimum absolute atomic E-state index is 0.0167. The van der Waals surface area contributed by atoms with E-state index in [1.807, 2.05) is 55.5 Å². The third-order valence-electron chi connectivity index (χ3n) is 5.45. The third-order valence-corrected chi connectivity index (χ3v) is 5.45. The first-order valence-corrected chi connectivity index (χ1v) is 10.2. The number of likely N-dealkylation sites (tertiary alicyclic amines) is 1. The lowest BCUT2D eigenvalue weighted by atomic mass is 9.96. The molecule has 1 N–H and O–H groups in total. The van der Waals surface area contributed by atoms with Crippen molar-refractivity contribution >= 4 is 11.6 Å². The van der Waals surface area contributed by atoms with Crippen molar-refractivity contribution in [2.45, 2.75) is 26.3 Å². The van der Waals surface area contributed by atoms with E-state index in [0.717, 1.165) is 31.5 Å². The Bertz CT molecular complexity index is 992. The highest BCUT2D eigenvalue weighted by atomic mass is 16.5. The second-order valence-electron chi connectivity index (χ2n) is 7.61. The number of aromatic nitrogens is 2. The fourth-order valence-electron chi connectivity index (χ4n) is 3.66. The van der Waals surface area contributed by atoms with Crippen molar-refractivity contribution < 1.29 is 13.9 Å². The summed E-state index contributed by atoms with van der Waals surface area (Å²) in [5.41, 5.74) is 2.82. The van der Waals surface area contributed by atoms with Crippen LogP contribution >= 0.6 is 0 Å². The molecular weight excluding hydrogens is 380 g/mol. The first-order chi connectivity index (χ1) is 14.6. The van der Waals surface area contributed by atoms with Gasteiger partial charge in [-0.2, -0.15) is 0 Å². The second-order valence-corrected chi connectivity index (χ2v) is 7.61. The smallest absolute Gasteiger partial charge is 0.247 e. The molecule has 1 aliphatic heterocycles. The van der Waals surface area contributed by atoms with E-state index in [-0.39, 0.29) is 11.8 Å². The lowest BCUT2D eigenvalue weighted by molar-refractivity contribution is -0.121. The highest BCUT2D eigenvalue weighted by Gasteiger charge is 2.26.